The highest BCUT2D eigenvalue weighted by molar-refractivity contribution is 5.99. The number of ether oxygens (including phenoxy) is 3. The van der Waals surface area contributed by atoms with Crippen LogP contribution in [-0.4, -0.2) is 37.7 Å². The Bertz CT molecular complexity index is 841. The second kappa shape index (κ2) is 8.07. The van der Waals surface area contributed by atoms with Crippen molar-refractivity contribution in [3.63, 3.8) is 0 Å². The van der Waals surface area contributed by atoms with Crippen LogP contribution in [0, 0.1) is 5.82 Å². The third-order valence-electron chi connectivity index (χ3n) is 4.26. The average Bonchev–Trinajstić information content (AvgIpc) is 2.71. The van der Waals surface area contributed by atoms with E-state index in [1.807, 2.05) is 0 Å². The zero-order chi connectivity index (χ0) is 19.4. The van der Waals surface area contributed by atoms with Gasteiger partial charge >= 0.3 is 5.97 Å². The highest BCUT2D eigenvalue weighted by atomic mass is 19.1. The molecule has 0 spiro atoms. The van der Waals surface area contributed by atoms with Crippen LogP contribution in [0.15, 0.2) is 48.5 Å². The van der Waals surface area contributed by atoms with Crippen molar-refractivity contribution >= 4 is 17.6 Å². The molecule has 2 aromatic rings. The molecule has 0 saturated carbocycles. The SMILES string of the molecule is CC[C@H](Oc1ccccc1F)C(=O)N1C[C@@H](C(=O)OC)Oc2ccccc21. The van der Waals surface area contributed by atoms with Gasteiger partial charge in [0, 0.05) is 0 Å². The summed E-state index contributed by atoms with van der Waals surface area (Å²) < 4.78 is 29.9. The Morgan fingerprint density at radius 3 is 2.63 bits per heavy atom. The lowest BCUT2D eigenvalue weighted by molar-refractivity contribution is -0.148. The molecule has 27 heavy (non-hydrogen) atoms. The number of rotatable bonds is 5. The van der Waals surface area contributed by atoms with Crippen LogP contribution >= 0.6 is 0 Å². The van der Waals surface area contributed by atoms with Crippen LogP contribution < -0.4 is 14.4 Å². The summed E-state index contributed by atoms with van der Waals surface area (Å²) in [5.41, 5.74) is 0.526. The number of hydrogen-bond acceptors (Lipinski definition) is 5. The summed E-state index contributed by atoms with van der Waals surface area (Å²) in [7, 11) is 1.26. The number of para-hydroxylation sites is 3. The van der Waals surface area contributed by atoms with Crippen LogP contribution in [0.4, 0.5) is 10.1 Å². The van der Waals surface area contributed by atoms with E-state index in [2.05, 4.69) is 0 Å². The van der Waals surface area contributed by atoms with Gasteiger partial charge in [0.2, 0.25) is 6.10 Å². The lowest BCUT2D eigenvalue weighted by Gasteiger charge is -2.35. The standard InChI is InChI=1S/C20H20FNO5/c1-3-15(26-16-10-6-4-8-13(16)21)19(23)22-12-18(20(24)25-2)27-17-11-7-5-9-14(17)22/h4-11,15,18H,3,12H2,1-2H3/t15-,18-/m0/s1. The summed E-state index contributed by atoms with van der Waals surface area (Å²) in [4.78, 5) is 26.5. The fourth-order valence-electron chi connectivity index (χ4n) is 2.87. The van der Waals surface area contributed by atoms with Gasteiger partial charge in [-0.15, -0.1) is 0 Å². The third kappa shape index (κ3) is 3.86. The number of methoxy groups -OCH3 is 1. The van der Waals surface area contributed by atoms with Crippen molar-refractivity contribution < 1.29 is 28.2 Å². The summed E-state index contributed by atoms with van der Waals surface area (Å²) in [6.07, 6.45) is -1.53. The van der Waals surface area contributed by atoms with Crippen molar-refractivity contribution in [1.82, 2.24) is 0 Å². The number of carbonyl (C=O) groups excluding carboxylic acids is 2. The number of benzene rings is 2. The molecule has 3 rings (SSSR count). The molecule has 1 aliphatic heterocycles. The Morgan fingerprint density at radius 2 is 1.93 bits per heavy atom. The van der Waals surface area contributed by atoms with Crippen molar-refractivity contribution in [3.8, 4) is 11.5 Å². The van der Waals surface area contributed by atoms with Crippen molar-refractivity contribution in [2.75, 3.05) is 18.6 Å². The van der Waals surface area contributed by atoms with Gasteiger partial charge in [0.05, 0.1) is 19.3 Å². The Hall–Kier alpha value is -3.09. The molecule has 0 saturated heterocycles. The quantitative estimate of drug-likeness (QED) is 0.754. The normalized spacial score (nSPS) is 16.7. The molecule has 2 aromatic carbocycles. The number of amides is 1. The van der Waals surface area contributed by atoms with E-state index in [9.17, 15) is 14.0 Å². The Morgan fingerprint density at radius 1 is 1.22 bits per heavy atom. The Labute approximate surface area is 156 Å². The van der Waals surface area contributed by atoms with Crippen molar-refractivity contribution in [3.05, 3.63) is 54.3 Å². The highest BCUT2D eigenvalue weighted by Crippen LogP contribution is 2.34. The fraction of sp³-hybridized carbons (Fsp3) is 0.300. The first-order chi connectivity index (χ1) is 13.0. The second-order valence-electron chi connectivity index (χ2n) is 5.99. The van der Waals surface area contributed by atoms with Crippen molar-refractivity contribution in [1.29, 1.82) is 0 Å². The first-order valence-corrected chi connectivity index (χ1v) is 8.61. The van der Waals surface area contributed by atoms with E-state index in [4.69, 9.17) is 14.2 Å². The minimum atomic E-state index is -0.945. The number of esters is 1. The number of fused-ring (bicyclic) bond motifs is 1. The van der Waals surface area contributed by atoms with E-state index in [0.717, 1.165) is 0 Å². The number of hydrogen-bond donors (Lipinski definition) is 0. The van der Waals surface area contributed by atoms with Crippen LogP contribution in [0.25, 0.3) is 0 Å². The van der Waals surface area contributed by atoms with Crippen molar-refractivity contribution in [2.45, 2.75) is 25.6 Å². The molecule has 0 radical (unpaired) electrons. The fourth-order valence-corrected chi connectivity index (χ4v) is 2.87. The number of halogens is 1. The summed E-state index contributed by atoms with van der Waals surface area (Å²) in [5.74, 6) is -1.11. The predicted molar refractivity (Wildman–Crippen MR) is 96.3 cm³/mol. The maximum absolute atomic E-state index is 13.9. The molecule has 0 N–H and O–H groups in total. The molecule has 6 nitrogen and oxygen atoms in total. The van der Waals surface area contributed by atoms with Crippen LogP contribution in [0.3, 0.4) is 0 Å². The van der Waals surface area contributed by atoms with Gasteiger partial charge in [0.1, 0.15) is 5.75 Å². The van der Waals surface area contributed by atoms with Gasteiger partial charge in [-0.3, -0.25) is 4.79 Å². The molecule has 2 atom stereocenters. The minimum absolute atomic E-state index is 0.00348. The summed E-state index contributed by atoms with van der Waals surface area (Å²) in [5, 5.41) is 0. The Kier molecular flexibility index (Phi) is 5.59. The molecule has 1 aliphatic rings. The van der Waals surface area contributed by atoms with Gasteiger partial charge in [0.25, 0.3) is 5.91 Å². The van der Waals surface area contributed by atoms with Gasteiger partial charge in [-0.05, 0) is 30.7 Å². The van der Waals surface area contributed by atoms with Gasteiger partial charge in [0.15, 0.2) is 17.7 Å². The van der Waals surface area contributed by atoms with E-state index in [1.165, 1.54) is 24.1 Å². The lowest BCUT2D eigenvalue weighted by atomic mass is 10.1. The van der Waals surface area contributed by atoms with E-state index in [0.29, 0.717) is 17.9 Å². The number of anilines is 1. The molecule has 0 fully saturated rings. The monoisotopic (exact) mass is 373 g/mol. The molecule has 0 unspecified atom stereocenters. The molecule has 1 heterocycles. The zero-order valence-corrected chi connectivity index (χ0v) is 15.1. The lowest BCUT2D eigenvalue weighted by Crippen LogP contribution is -2.51. The summed E-state index contributed by atoms with van der Waals surface area (Å²) >= 11 is 0. The number of nitrogens with zero attached hydrogens (tertiary/aromatic N) is 1. The van der Waals surface area contributed by atoms with E-state index >= 15 is 0 Å². The third-order valence-corrected chi connectivity index (χ3v) is 4.26. The van der Waals surface area contributed by atoms with Gasteiger partial charge in [-0.25, -0.2) is 9.18 Å². The van der Waals surface area contributed by atoms with Gasteiger partial charge in [-0.2, -0.15) is 0 Å². The van der Waals surface area contributed by atoms with E-state index in [1.54, 1.807) is 43.3 Å². The minimum Gasteiger partial charge on any atom is -0.478 e. The Balaban J connectivity index is 1.89. The smallest absolute Gasteiger partial charge is 0.348 e. The van der Waals surface area contributed by atoms with E-state index in [-0.39, 0.29) is 18.2 Å². The molecule has 7 heteroatoms. The average molecular weight is 373 g/mol. The molecular formula is C20H20FNO5. The van der Waals surface area contributed by atoms with Crippen molar-refractivity contribution in [2.24, 2.45) is 0 Å². The maximum Gasteiger partial charge on any atom is 0.348 e. The van der Waals surface area contributed by atoms with Crippen LogP contribution in [0.5, 0.6) is 11.5 Å². The molecule has 142 valence electrons. The van der Waals surface area contributed by atoms with Gasteiger partial charge in [-0.1, -0.05) is 31.2 Å². The molecule has 1 amide bonds. The highest BCUT2D eigenvalue weighted by Gasteiger charge is 2.37. The van der Waals surface area contributed by atoms with Crippen LogP contribution in [0.2, 0.25) is 0 Å². The summed E-state index contributed by atoms with van der Waals surface area (Å²) in [6, 6.07) is 12.8. The number of carbonyl (C=O) groups is 2. The summed E-state index contributed by atoms with van der Waals surface area (Å²) in [6.45, 7) is 1.76. The molecule has 0 bridgehead atoms. The van der Waals surface area contributed by atoms with Crippen LogP contribution in [-0.2, 0) is 14.3 Å². The molecule has 0 aliphatic carbocycles. The molecule has 0 aromatic heterocycles. The molecular weight excluding hydrogens is 353 g/mol. The first-order valence-electron chi connectivity index (χ1n) is 8.61. The maximum atomic E-state index is 13.9. The second-order valence-corrected chi connectivity index (χ2v) is 5.99. The van der Waals surface area contributed by atoms with E-state index < -0.39 is 24.0 Å². The first kappa shape index (κ1) is 18.7. The largest absolute Gasteiger partial charge is 0.478 e. The topological polar surface area (TPSA) is 65.1 Å². The zero-order valence-electron chi connectivity index (χ0n) is 15.1. The predicted octanol–water partition coefficient (Wildman–Crippen LogP) is 2.95. The van der Waals surface area contributed by atoms with Gasteiger partial charge < -0.3 is 19.1 Å². The van der Waals surface area contributed by atoms with Crippen LogP contribution in [0.1, 0.15) is 13.3 Å².